The molecule has 1 saturated carbocycles. The molecular weight excluding hydrogens is 259 g/mol. The number of likely N-dealkylation sites (N-methyl/N-ethyl adjacent to an activating group) is 1. The lowest BCUT2D eigenvalue weighted by Crippen LogP contribution is -2.51. The number of hydrogen-bond donors (Lipinski definition) is 1. The van der Waals surface area contributed by atoms with Crippen molar-refractivity contribution < 1.29 is 22.6 Å². The molecule has 0 amide bonds. The van der Waals surface area contributed by atoms with E-state index >= 15 is 0 Å². The summed E-state index contributed by atoms with van der Waals surface area (Å²) < 4.78 is 46.9. The largest absolute Gasteiger partial charge is 0.411 e. The number of alkyl halides is 3. The van der Waals surface area contributed by atoms with Crippen molar-refractivity contribution in [3.63, 3.8) is 0 Å². The second kappa shape index (κ2) is 5.97. The van der Waals surface area contributed by atoms with Gasteiger partial charge in [-0.2, -0.15) is 13.2 Å². The van der Waals surface area contributed by atoms with Crippen LogP contribution in [0.5, 0.6) is 0 Å². The van der Waals surface area contributed by atoms with Gasteiger partial charge in [-0.1, -0.05) is 0 Å². The average Bonchev–Trinajstić information content (AvgIpc) is 2.31. The Morgan fingerprint density at radius 3 is 2.68 bits per heavy atom. The molecule has 1 N–H and O–H groups in total. The van der Waals surface area contributed by atoms with Crippen molar-refractivity contribution >= 4 is 0 Å². The molecule has 0 aromatic rings. The number of halogens is 3. The maximum atomic E-state index is 12.1. The Kier molecular flexibility index (Phi) is 4.74. The highest BCUT2D eigenvalue weighted by Gasteiger charge is 2.44. The molecule has 0 aromatic heterocycles. The van der Waals surface area contributed by atoms with Crippen LogP contribution in [0.15, 0.2) is 0 Å². The lowest BCUT2D eigenvalue weighted by Gasteiger charge is -2.48. The first-order valence-electron chi connectivity index (χ1n) is 6.90. The first kappa shape index (κ1) is 15.1. The van der Waals surface area contributed by atoms with E-state index in [4.69, 9.17) is 9.47 Å². The zero-order valence-corrected chi connectivity index (χ0v) is 11.3. The molecule has 2 rings (SSSR count). The Hall–Kier alpha value is -0.330. The van der Waals surface area contributed by atoms with Crippen LogP contribution in [0.4, 0.5) is 13.2 Å². The van der Waals surface area contributed by atoms with Crippen LogP contribution in [0.1, 0.15) is 32.1 Å². The van der Waals surface area contributed by atoms with Crippen LogP contribution < -0.4 is 5.32 Å². The minimum atomic E-state index is -4.25. The van der Waals surface area contributed by atoms with E-state index in [0.29, 0.717) is 12.5 Å². The van der Waals surface area contributed by atoms with Gasteiger partial charge in [0.1, 0.15) is 6.61 Å². The lowest BCUT2D eigenvalue weighted by atomic mass is 9.70. The van der Waals surface area contributed by atoms with E-state index in [1.165, 1.54) is 6.42 Å². The van der Waals surface area contributed by atoms with Gasteiger partial charge in [-0.15, -0.1) is 0 Å². The number of ether oxygens (including phenoxy) is 2. The van der Waals surface area contributed by atoms with Crippen molar-refractivity contribution in [2.75, 3.05) is 26.9 Å². The second-order valence-corrected chi connectivity index (χ2v) is 5.66. The van der Waals surface area contributed by atoms with E-state index in [2.05, 4.69) is 5.32 Å². The van der Waals surface area contributed by atoms with Crippen LogP contribution in [0.2, 0.25) is 0 Å². The molecule has 2 unspecified atom stereocenters. The fourth-order valence-corrected chi connectivity index (χ4v) is 3.09. The molecule has 3 nitrogen and oxygen atoms in total. The summed E-state index contributed by atoms with van der Waals surface area (Å²) in [4.78, 5) is 0. The van der Waals surface area contributed by atoms with Crippen LogP contribution in [0, 0.1) is 5.92 Å². The Morgan fingerprint density at radius 2 is 2.16 bits per heavy atom. The number of hydrogen-bond acceptors (Lipinski definition) is 3. The van der Waals surface area contributed by atoms with Gasteiger partial charge in [0.05, 0.1) is 12.2 Å². The first-order valence-corrected chi connectivity index (χ1v) is 6.90. The molecular formula is C13H22F3NO2. The van der Waals surface area contributed by atoms with E-state index < -0.39 is 12.8 Å². The minimum Gasteiger partial charge on any atom is -0.375 e. The van der Waals surface area contributed by atoms with Gasteiger partial charge < -0.3 is 14.8 Å². The molecule has 1 spiro atoms. The maximum absolute atomic E-state index is 12.1. The van der Waals surface area contributed by atoms with Gasteiger partial charge in [-0.3, -0.25) is 0 Å². The third kappa shape index (κ3) is 4.07. The van der Waals surface area contributed by atoms with Crippen molar-refractivity contribution in [3.05, 3.63) is 0 Å². The first-order chi connectivity index (χ1) is 8.94. The van der Waals surface area contributed by atoms with Gasteiger partial charge in [0.2, 0.25) is 0 Å². The van der Waals surface area contributed by atoms with Gasteiger partial charge in [0, 0.05) is 12.6 Å². The van der Waals surface area contributed by atoms with Gasteiger partial charge in [0.15, 0.2) is 0 Å². The summed E-state index contributed by atoms with van der Waals surface area (Å²) in [7, 11) is 1.78. The molecule has 19 heavy (non-hydrogen) atoms. The molecule has 1 aliphatic heterocycles. The van der Waals surface area contributed by atoms with Crippen molar-refractivity contribution in [1.29, 1.82) is 0 Å². The predicted molar refractivity (Wildman–Crippen MR) is 65.0 cm³/mol. The zero-order chi connectivity index (χ0) is 13.9. The summed E-state index contributed by atoms with van der Waals surface area (Å²) in [6, 6.07) is -0.0243. The summed E-state index contributed by atoms with van der Waals surface area (Å²) in [6.45, 7) is -0.349. The predicted octanol–water partition coefficient (Wildman–Crippen LogP) is 2.50. The number of nitrogens with one attached hydrogen (secondary N) is 1. The minimum absolute atomic E-state index is 0.0159. The molecule has 1 heterocycles. The third-order valence-corrected chi connectivity index (χ3v) is 4.30. The van der Waals surface area contributed by atoms with Crippen molar-refractivity contribution in [1.82, 2.24) is 5.32 Å². The average molecular weight is 281 g/mol. The summed E-state index contributed by atoms with van der Waals surface area (Å²) in [5.74, 6) is 0.340. The topological polar surface area (TPSA) is 30.5 Å². The molecule has 0 bridgehead atoms. The summed E-state index contributed by atoms with van der Waals surface area (Å²) >= 11 is 0. The molecule has 112 valence electrons. The van der Waals surface area contributed by atoms with Gasteiger partial charge in [0.25, 0.3) is 0 Å². The van der Waals surface area contributed by atoms with E-state index in [1.54, 1.807) is 7.05 Å². The highest BCUT2D eigenvalue weighted by Crippen LogP contribution is 2.44. The Labute approximate surface area is 111 Å². The fraction of sp³-hybridized carbons (Fsp3) is 1.00. The van der Waals surface area contributed by atoms with Crippen LogP contribution in [0.3, 0.4) is 0 Å². The smallest absolute Gasteiger partial charge is 0.375 e. The molecule has 0 radical (unpaired) electrons. The second-order valence-electron chi connectivity index (χ2n) is 5.66. The van der Waals surface area contributed by atoms with E-state index in [9.17, 15) is 13.2 Å². The Bertz CT molecular complexity index is 292. The molecule has 2 aliphatic rings. The van der Waals surface area contributed by atoms with Crippen LogP contribution in [-0.4, -0.2) is 44.7 Å². The normalized spacial score (nSPS) is 28.1. The highest BCUT2D eigenvalue weighted by molar-refractivity contribution is 4.96. The molecule has 2 atom stereocenters. The van der Waals surface area contributed by atoms with Gasteiger partial charge >= 0.3 is 6.18 Å². The van der Waals surface area contributed by atoms with Crippen LogP contribution >= 0.6 is 0 Å². The monoisotopic (exact) mass is 281 g/mol. The fourth-order valence-electron chi connectivity index (χ4n) is 3.09. The Morgan fingerprint density at radius 1 is 1.42 bits per heavy atom. The van der Waals surface area contributed by atoms with Crippen LogP contribution in [-0.2, 0) is 9.47 Å². The summed E-state index contributed by atoms with van der Waals surface area (Å²) in [5, 5.41) is 3.10. The van der Waals surface area contributed by atoms with E-state index in [0.717, 1.165) is 25.7 Å². The standard InChI is InChI=1S/C13H22F3NO2/c1-17-11(8-18-9-13(14,15)16)10-3-6-19-12(7-10)4-2-5-12/h10-11,17H,2-9H2,1H3. The SMILES string of the molecule is CNC(COCC(F)(F)F)C1CCOC2(CCC2)C1. The molecule has 0 aromatic carbocycles. The van der Waals surface area contributed by atoms with E-state index in [1.807, 2.05) is 0 Å². The van der Waals surface area contributed by atoms with Gasteiger partial charge in [-0.25, -0.2) is 0 Å². The molecule has 2 fully saturated rings. The molecule has 1 aliphatic carbocycles. The van der Waals surface area contributed by atoms with Crippen molar-refractivity contribution in [3.8, 4) is 0 Å². The Balaban J connectivity index is 1.80. The third-order valence-electron chi connectivity index (χ3n) is 4.30. The van der Waals surface area contributed by atoms with Crippen molar-refractivity contribution in [2.24, 2.45) is 5.92 Å². The molecule has 6 heteroatoms. The summed E-state index contributed by atoms with van der Waals surface area (Å²) in [6.07, 6.45) is 0.952. The van der Waals surface area contributed by atoms with E-state index in [-0.39, 0.29) is 18.2 Å². The maximum Gasteiger partial charge on any atom is 0.411 e. The highest BCUT2D eigenvalue weighted by atomic mass is 19.4. The number of rotatable bonds is 5. The van der Waals surface area contributed by atoms with Gasteiger partial charge in [-0.05, 0) is 45.1 Å². The summed E-state index contributed by atoms with van der Waals surface area (Å²) in [5.41, 5.74) is 0.0159. The quantitative estimate of drug-likeness (QED) is 0.840. The molecule has 1 saturated heterocycles. The van der Waals surface area contributed by atoms with Crippen molar-refractivity contribution in [2.45, 2.75) is 49.9 Å². The lowest BCUT2D eigenvalue weighted by molar-refractivity contribution is -0.180. The zero-order valence-electron chi connectivity index (χ0n) is 11.3. The van der Waals surface area contributed by atoms with Crippen LogP contribution in [0.25, 0.3) is 0 Å².